The van der Waals surface area contributed by atoms with Gasteiger partial charge in [0.25, 0.3) is 0 Å². The lowest BCUT2D eigenvalue weighted by Crippen LogP contribution is -2.27. The lowest BCUT2D eigenvalue weighted by Gasteiger charge is -2.18. The van der Waals surface area contributed by atoms with Crippen LogP contribution in [0.5, 0.6) is 0 Å². The highest BCUT2D eigenvalue weighted by molar-refractivity contribution is 7.89. The zero-order chi connectivity index (χ0) is 26.2. The van der Waals surface area contributed by atoms with Crippen molar-refractivity contribution in [2.24, 2.45) is 0 Å². The van der Waals surface area contributed by atoms with Crippen LogP contribution in [0.25, 0.3) is 11.2 Å². The summed E-state index contributed by atoms with van der Waals surface area (Å²) in [6.07, 6.45) is 12.9. The molecule has 0 saturated carbocycles. The van der Waals surface area contributed by atoms with Crippen LogP contribution in [0, 0.1) is 13.8 Å². The molecular formula is C25H26BClN6O3S. The number of fused-ring (bicyclic) bond motifs is 1. The summed E-state index contributed by atoms with van der Waals surface area (Å²) in [6, 6.07) is 1.93. The third-order valence-corrected chi connectivity index (χ3v) is 8.46. The van der Waals surface area contributed by atoms with Gasteiger partial charge in [0.1, 0.15) is 24.3 Å². The Morgan fingerprint density at radius 1 is 1.16 bits per heavy atom. The average molecular weight is 537 g/mol. The van der Waals surface area contributed by atoms with Gasteiger partial charge < -0.3 is 9.84 Å². The molecule has 3 aromatic rings. The Kier molecular flexibility index (Phi) is 7.11. The van der Waals surface area contributed by atoms with Crippen molar-refractivity contribution in [1.29, 1.82) is 0 Å². The molecule has 37 heavy (non-hydrogen) atoms. The van der Waals surface area contributed by atoms with Gasteiger partial charge in [-0.1, -0.05) is 52.2 Å². The summed E-state index contributed by atoms with van der Waals surface area (Å²) in [5.41, 5.74) is 5.22. The fraction of sp³-hybridized carbons (Fsp3) is 0.320. The van der Waals surface area contributed by atoms with Crippen molar-refractivity contribution in [3.63, 3.8) is 0 Å². The Bertz CT molecular complexity index is 1580. The predicted molar refractivity (Wildman–Crippen MR) is 145 cm³/mol. The molecule has 0 atom stereocenters. The Hall–Kier alpha value is -3.15. The SMILES string of the molecule is [B]c1cnn2c(NCC3=CC=C(CNS(=O)(=O)c4c(C)noc4C)CC3)cc(C3=C(Cl)CCC=C3)nc12. The molecule has 190 valence electrons. The van der Waals surface area contributed by atoms with Crippen LogP contribution in [0.15, 0.2) is 62.2 Å². The Morgan fingerprint density at radius 3 is 2.59 bits per heavy atom. The van der Waals surface area contributed by atoms with E-state index in [4.69, 9.17) is 29.0 Å². The second-order valence-electron chi connectivity index (χ2n) is 9.10. The van der Waals surface area contributed by atoms with E-state index in [0.29, 0.717) is 23.3 Å². The van der Waals surface area contributed by atoms with Crippen molar-refractivity contribution < 1.29 is 12.9 Å². The van der Waals surface area contributed by atoms with E-state index in [1.54, 1.807) is 24.6 Å². The molecule has 3 aromatic heterocycles. The van der Waals surface area contributed by atoms with E-state index in [-0.39, 0.29) is 17.2 Å². The van der Waals surface area contributed by atoms with Crippen molar-refractivity contribution in [2.75, 3.05) is 18.4 Å². The van der Waals surface area contributed by atoms with Crippen molar-refractivity contribution in [3.8, 4) is 0 Å². The molecule has 2 aliphatic carbocycles. The molecule has 12 heteroatoms. The topological polar surface area (TPSA) is 114 Å². The molecule has 0 spiro atoms. The summed E-state index contributed by atoms with van der Waals surface area (Å²) in [5.74, 6) is 1.04. The van der Waals surface area contributed by atoms with E-state index < -0.39 is 10.0 Å². The van der Waals surface area contributed by atoms with Crippen LogP contribution in [0.3, 0.4) is 0 Å². The summed E-state index contributed by atoms with van der Waals surface area (Å²) in [7, 11) is 2.42. The minimum atomic E-state index is -3.70. The summed E-state index contributed by atoms with van der Waals surface area (Å²) >= 11 is 6.49. The second-order valence-corrected chi connectivity index (χ2v) is 11.3. The lowest BCUT2D eigenvalue weighted by atomic mass is 9.98. The quantitative estimate of drug-likeness (QED) is 0.424. The Morgan fingerprint density at radius 2 is 1.92 bits per heavy atom. The van der Waals surface area contributed by atoms with E-state index in [9.17, 15) is 8.42 Å². The molecule has 0 amide bonds. The number of allylic oxidation sites excluding steroid dienone is 6. The number of nitrogens with one attached hydrogen (secondary N) is 2. The van der Waals surface area contributed by atoms with Gasteiger partial charge in [0.15, 0.2) is 11.4 Å². The number of hydrogen-bond donors (Lipinski definition) is 2. The molecule has 2 aliphatic rings. The summed E-state index contributed by atoms with van der Waals surface area (Å²) < 4.78 is 34.7. The molecular weight excluding hydrogens is 511 g/mol. The highest BCUT2D eigenvalue weighted by atomic mass is 35.5. The summed E-state index contributed by atoms with van der Waals surface area (Å²) in [5, 5.41) is 12.3. The van der Waals surface area contributed by atoms with E-state index in [0.717, 1.165) is 53.4 Å². The normalized spacial score (nSPS) is 16.3. The molecule has 3 heterocycles. The first-order valence-corrected chi connectivity index (χ1v) is 13.8. The van der Waals surface area contributed by atoms with Gasteiger partial charge in [-0.15, -0.1) is 0 Å². The highest BCUT2D eigenvalue weighted by Crippen LogP contribution is 2.30. The molecule has 0 aliphatic heterocycles. The van der Waals surface area contributed by atoms with Gasteiger partial charge in [0.05, 0.1) is 5.69 Å². The first-order chi connectivity index (χ1) is 17.7. The van der Waals surface area contributed by atoms with Crippen LogP contribution < -0.4 is 15.5 Å². The lowest BCUT2D eigenvalue weighted by molar-refractivity contribution is 0.390. The Balaban J connectivity index is 1.29. The van der Waals surface area contributed by atoms with E-state index in [1.165, 1.54) is 5.57 Å². The minimum absolute atomic E-state index is 0.104. The first kappa shape index (κ1) is 25.5. The minimum Gasteiger partial charge on any atom is -0.366 e. The van der Waals surface area contributed by atoms with Gasteiger partial charge in [-0.25, -0.2) is 18.1 Å². The monoisotopic (exact) mass is 536 g/mol. The van der Waals surface area contributed by atoms with Crippen LogP contribution in [-0.2, 0) is 10.0 Å². The number of rotatable bonds is 8. The second kappa shape index (κ2) is 10.3. The molecule has 5 rings (SSSR count). The molecule has 2 radical (unpaired) electrons. The third-order valence-electron chi connectivity index (χ3n) is 6.43. The number of sulfonamides is 1. The summed E-state index contributed by atoms with van der Waals surface area (Å²) in [6.45, 7) is 4.02. The van der Waals surface area contributed by atoms with Gasteiger partial charge in [0.2, 0.25) is 10.0 Å². The maximum absolute atomic E-state index is 12.7. The first-order valence-electron chi connectivity index (χ1n) is 12.0. The van der Waals surface area contributed by atoms with Gasteiger partial charge in [0, 0.05) is 36.0 Å². The van der Waals surface area contributed by atoms with Crippen LogP contribution in [0.1, 0.15) is 42.8 Å². The molecule has 2 N–H and O–H groups in total. The van der Waals surface area contributed by atoms with Crippen LogP contribution in [-0.4, -0.2) is 49.1 Å². The van der Waals surface area contributed by atoms with Crippen LogP contribution >= 0.6 is 11.6 Å². The zero-order valence-corrected chi connectivity index (χ0v) is 22.2. The molecule has 0 unspecified atom stereocenters. The predicted octanol–water partition coefficient (Wildman–Crippen LogP) is 3.46. The highest BCUT2D eigenvalue weighted by Gasteiger charge is 2.24. The van der Waals surface area contributed by atoms with E-state index in [2.05, 4.69) is 26.4 Å². The smallest absolute Gasteiger partial charge is 0.246 e. The van der Waals surface area contributed by atoms with Crippen molar-refractivity contribution in [2.45, 2.75) is 44.4 Å². The van der Waals surface area contributed by atoms with Crippen molar-refractivity contribution in [3.05, 3.63) is 69.9 Å². The number of aromatic nitrogens is 4. The molecule has 9 nitrogen and oxygen atoms in total. The van der Waals surface area contributed by atoms with Gasteiger partial charge in [-0.05, 0) is 45.0 Å². The van der Waals surface area contributed by atoms with Gasteiger partial charge in [-0.3, -0.25) is 0 Å². The summed E-state index contributed by atoms with van der Waals surface area (Å²) in [4.78, 5) is 4.80. The van der Waals surface area contributed by atoms with Crippen molar-refractivity contribution >= 4 is 52.0 Å². The van der Waals surface area contributed by atoms with E-state index in [1.807, 2.05) is 24.3 Å². The standard InChI is InChI=1S/C25H26BClN6O3S/c1-15-24(16(2)36-32-15)37(34,35)30-13-18-9-7-17(8-10-18)12-28-23-11-22(19-5-3-4-6-21(19)27)31-25-20(26)14-29-33(23)25/h3,5,7,9,11,14,28,30H,4,6,8,10,12-13H2,1-2H3. The largest absolute Gasteiger partial charge is 0.366 e. The fourth-order valence-electron chi connectivity index (χ4n) is 4.44. The van der Waals surface area contributed by atoms with Crippen molar-refractivity contribution in [1.82, 2.24) is 24.5 Å². The molecule has 0 bridgehead atoms. The number of hydrogen-bond acceptors (Lipinski definition) is 7. The number of aryl methyl sites for hydroxylation is 2. The number of halogens is 1. The molecule has 0 aromatic carbocycles. The Labute approximate surface area is 221 Å². The van der Waals surface area contributed by atoms with Gasteiger partial charge in [-0.2, -0.15) is 9.61 Å². The maximum atomic E-state index is 12.7. The van der Waals surface area contributed by atoms with Gasteiger partial charge >= 0.3 is 0 Å². The third kappa shape index (κ3) is 5.30. The zero-order valence-electron chi connectivity index (χ0n) is 20.6. The average Bonchev–Trinajstić information content (AvgIpc) is 3.43. The van der Waals surface area contributed by atoms with Crippen LogP contribution in [0.4, 0.5) is 5.82 Å². The van der Waals surface area contributed by atoms with E-state index >= 15 is 0 Å². The molecule has 0 saturated heterocycles. The fourth-order valence-corrected chi connectivity index (χ4v) is 6.08. The van der Waals surface area contributed by atoms with Crippen LogP contribution in [0.2, 0.25) is 0 Å². The number of nitrogens with zero attached hydrogens (tertiary/aromatic N) is 4. The molecule has 0 fully saturated rings. The number of anilines is 1. The maximum Gasteiger partial charge on any atom is 0.246 e.